The Morgan fingerprint density at radius 1 is 1.03 bits per heavy atom. The first-order chi connectivity index (χ1) is 14.0. The summed E-state index contributed by atoms with van der Waals surface area (Å²) in [6.07, 6.45) is 16.4. The Bertz CT molecular complexity index is 542. The Morgan fingerprint density at radius 3 is 2.24 bits per heavy atom. The number of carbonyl (C=O) groups excluding carboxylic acids is 2. The first-order valence-corrected chi connectivity index (χ1v) is 12.2. The maximum atomic E-state index is 13.1. The molecule has 5 heteroatoms. The Labute approximate surface area is 177 Å². The van der Waals surface area contributed by atoms with Gasteiger partial charge in [-0.25, -0.2) is 4.99 Å². The van der Waals surface area contributed by atoms with Crippen molar-refractivity contribution in [1.29, 1.82) is 0 Å². The zero-order chi connectivity index (χ0) is 21.1. The molecule has 1 aliphatic heterocycles. The van der Waals surface area contributed by atoms with Crippen LogP contribution in [0.4, 0.5) is 0 Å². The van der Waals surface area contributed by atoms with Crippen molar-refractivity contribution in [1.82, 2.24) is 4.90 Å². The molecule has 2 rings (SSSR count). The van der Waals surface area contributed by atoms with Crippen molar-refractivity contribution in [2.45, 2.75) is 122 Å². The number of carbonyl (C=O) groups is 2. The molecule has 0 unspecified atom stereocenters. The maximum absolute atomic E-state index is 13.1. The first-order valence-electron chi connectivity index (χ1n) is 12.2. The van der Waals surface area contributed by atoms with Gasteiger partial charge >= 0.3 is 0 Å². The fourth-order valence-electron chi connectivity index (χ4n) is 4.87. The largest absolute Gasteiger partial charge is 0.369 e. The number of rotatable bonds is 13. The van der Waals surface area contributed by atoms with E-state index < -0.39 is 5.54 Å². The molecule has 1 heterocycles. The van der Waals surface area contributed by atoms with Gasteiger partial charge in [0.1, 0.15) is 11.3 Å². The topological polar surface area (TPSA) is 75.8 Å². The Balaban J connectivity index is 1.77. The number of hydrogen-bond donors (Lipinski definition) is 1. The van der Waals surface area contributed by atoms with Gasteiger partial charge in [0.15, 0.2) is 5.96 Å². The van der Waals surface area contributed by atoms with E-state index in [2.05, 4.69) is 18.8 Å². The zero-order valence-electron chi connectivity index (χ0n) is 18.9. The molecule has 0 saturated heterocycles. The second-order valence-electron chi connectivity index (χ2n) is 9.22. The van der Waals surface area contributed by atoms with Crippen molar-refractivity contribution in [2.75, 3.05) is 6.54 Å². The highest BCUT2D eigenvalue weighted by Crippen LogP contribution is 2.33. The van der Waals surface area contributed by atoms with E-state index in [4.69, 9.17) is 5.73 Å². The van der Waals surface area contributed by atoms with Gasteiger partial charge in [-0.3, -0.25) is 14.5 Å². The van der Waals surface area contributed by atoms with Crippen molar-refractivity contribution in [3.05, 3.63) is 0 Å². The summed E-state index contributed by atoms with van der Waals surface area (Å²) in [5.41, 5.74) is 5.52. The number of Topliss-reactive ketones (excluding diaryl/α,β-unsaturated/α-hetero) is 1. The van der Waals surface area contributed by atoms with E-state index in [0.717, 1.165) is 57.8 Å². The molecule has 0 spiro atoms. The highest BCUT2D eigenvalue weighted by atomic mass is 16.2. The lowest BCUT2D eigenvalue weighted by Gasteiger charge is -2.26. The maximum Gasteiger partial charge on any atom is 0.257 e. The molecule has 1 amide bonds. The van der Waals surface area contributed by atoms with E-state index in [1.54, 1.807) is 4.90 Å². The molecule has 2 N–H and O–H groups in total. The van der Waals surface area contributed by atoms with Crippen molar-refractivity contribution in [3.8, 4) is 0 Å². The number of nitrogens with two attached hydrogens (primary N) is 1. The molecule has 0 aromatic rings. The first kappa shape index (κ1) is 23.9. The molecular formula is C24H43N3O2. The third-order valence-electron chi connectivity index (χ3n) is 6.71. The third kappa shape index (κ3) is 7.11. The standard InChI is InChI=1S/C24H43N3O2/c1-3-5-16-24(17-6-4-2)22(29)27(23(25)26-24)18-12-11-15-21(28)19-20-13-9-7-8-10-14-20/h20H,3-19H2,1-2H3,(H2,25,26). The molecule has 0 radical (unpaired) electrons. The molecule has 29 heavy (non-hydrogen) atoms. The van der Waals surface area contributed by atoms with Crippen LogP contribution in [0.1, 0.15) is 117 Å². The second-order valence-corrected chi connectivity index (χ2v) is 9.22. The van der Waals surface area contributed by atoms with E-state index in [1.165, 1.54) is 38.5 Å². The van der Waals surface area contributed by atoms with Crippen LogP contribution in [0.15, 0.2) is 4.99 Å². The highest BCUT2D eigenvalue weighted by Gasteiger charge is 2.46. The van der Waals surface area contributed by atoms with Gasteiger partial charge in [-0.15, -0.1) is 0 Å². The van der Waals surface area contributed by atoms with E-state index in [-0.39, 0.29) is 5.91 Å². The smallest absolute Gasteiger partial charge is 0.257 e. The molecule has 166 valence electrons. The van der Waals surface area contributed by atoms with Crippen LogP contribution in [0.3, 0.4) is 0 Å². The van der Waals surface area contributed by atoms with Gasteiger partial charge in [0, 0.05) is 19.4 Å². The van der Waals surface area contributed by atoms with Crippen LogP contribution in [0.2, 0.25) is 0 Å². The highest BCUT2D eigenvalue weighted by molar-refractivity contribution is 6.06. The molecule has 0 bridgehead atoms. The summed E-state index contributed by atoms with van der Waals surface area (Å²) < 4.78 is 0. The van der Waals surface area contributed by atoms with E-state index in [1.807, 2.05) is 0 Å². The average Bonchev–Trinajstić information content (AvgIpc) is 2.87. The number of unbranched alkanes of at least 4 members (excludes halogenated alkanes) is 3. The lowest BCUT2D eigenvalue weighted by Crippen LogP contribution is -2.44. The lowest BCUT2D eigenvalue weighted by atomic mass is 9.87. The molecule has 2 aliphatic rings. The molecular weight excluding hydrogens is 362 g/mol. The number of aliphatic imine (C=N–C) groups is 1. The zero-order valence-corrected chi connectivity index (χ0v) is 18.9. The minimum Gasteiger partial charge on any atom is -0.369 e. The molecule has 1 fully saturated rings. The summed E-state index contributed by atoms with van der Waals surface area (Å²) in [6.45, 7) is 4.87. The van der Waals surface area contributed by atoms with E-state index in [9.17, 15) is 9.59 Å². The van der Waals surface area contributed by atoms with Crippen LogP contribution < -0.4 is 5.73 Å². The summed E-state index contributed by atoms with van der Waals surface area (Å²) in [5, 5.41) is 0. The molecule has 0 atom stereocenters. The summed E-state index contributed by atoms with van der Waals surface area (Å²) in [6, 6.07) is 0. The van der Waals surface area contributed by atoms with E-state index in [0.29, 0.717) is 30.6 Å². The van der Waals surface area contributed by atoms with Crippen LogP contribution in [-0.2, 0) is 9.59 Å². The monoisotopic (exact) mass is 405 g/mol. The fourth-order valence-corrected chi connectivity index (χ4v) is 4.87. The van der Waals surface area contributed by atoms with Gasteiger partial charge < -0.3 is 5.73 Å². The molecule has 1 saturated carbocycles. The van der Waals surface area contributed by atoms with Crippen LogP contribution in [-0.4, -0.2) is 34.6 Å². The van der Waals surface area contributed by atoms with Crippen LogP contribution >= 0.6 is 0 Å². The minimum atomic E-state index is -0.634. The Kier molecular flexibility index (Phi) is 10.2. The van der Waals surface area contributed by atoms with Crippen molar-refractivity contribution in [3.63, 3.8) is 0 Å². The van der Waals surface area contributed by atoms with Crippen LogP contribution in [0.5, 0.6) is 0 Å². The fraction of sp³-hybridized carbons (Fsp3) is 0.875. The van der Waals surface area contributed by atoms with Crippen molar-refractivity contribution in [2.24, 2.45) is 16.6 Å². The van der Waals surface area contributed by atoms with Gasteiger partial charge in [-0.1, -0.05) is 78.1 Å². The molecule has 0 aromatic heterocycles. The SMILES string of the molecule is CCCCC1(CCCC)N=C(N)N(CCCCC(=O)CC2CCCCCC2)C1=O. The van der Waals surface area contributed by atoms with Crippen molar-refractivity contribution < 1.29 is 9.59 Å². The van der Waals surface area contributed by atoms with Gasteiger partial charge in [0.2, 0.25) is 0 Å². The second kappa shape index (κ2) is 12.3. The number of nitrogens with zero attached hydrogens (tertiary/aromatic N) is 2. The molecule has 1 aliphatic carbocycles. The minimum absolute atomic E-state index is 0.0849. The lowest BCUT2D eigenvalue weighted by molar-refractivity contribution is -0.131. The molecule has 0 aromatic carbocycles. The summed E-state index contributed by atoms with van der Waals surface area (Å²) in [4.78, 5) is 31.8. The Morgan fingerprint density at radius 2 is 1.66 bits per heavy atom. The predicted molar refractivity (Wildman–Crippen MR) is 120 cm³/mol. The van der Waals surface area contributed by atoms with Crippen LogP contribution in [0.25, 0.3) is 0 Å². The molecule has 5 nitrogen and oxygen atoms in total. The Hall–Kier alpha value is -1.39. The quantitative estimate of drug-likeness (QED) is 0.331. The van der Waals surface area contributed by atoms with Gasteiger partial charge in [0.25, 0.3) is 5.91 Å². The van der Waals surface area contributed by atoms with Gasteiger partial charge in [0.05, 0.1) is 0 Å². The normalized spacial score (nSPS) is 20.0. The van der Waals surface area contributed by atoms with Crippen LogP contribution in [0, 0.1) is 5.92 Å². The summed E-state index contributed by atoms with van der Waals surface area (Å²) in [7, 11) is 0. The summed E-state index contributed by atoms with van der Waals surface area (Å²) >= 11 is 0. The average molecular weight is 406 g/mol. The van der Waals surface area contributed by atoms with E-state index >= 15 is 0 Å². The summed E-state index contributed by atoms with van der Waals surface area (Å²) in [5.74, 6) is 1.46. The van der Waals surface area contributed by atoms with Gasteiger partial charge in [-0.05, 0) is 31.6 Å². The van der Waals surface area contributed by atoms with Gasteiger partial charge in [-0.2, -0.15) is 0 Å². The number of ketones is 1. The third-order valence-corrected chi connectivity index (χ3v) is 6.71. The van der Waals surface area contributed by atoms with Crippen molar-refractivity contribution >= 4 is 17.6 Å². The predicted octanol–water partition coefficient (Wildman–Crippen LogP) is 5.36. The number of hydrogen-bond acceptors (Lipinski definition) is 4. The number of amides is 1. The number of guanidine groups is 1.